The first-order valence-corrected chi connectivity index (χ1v) is 9.49. The van der Waals surface area contributed by atoms with Crippen molar-refractivity contribution in [3.8, 4) is 11.5 Å². The summed E-state index contributed by atoms with van der Waals surface area (Å²) in [5, 5.41) is 11.7. The maximum absolute atomic E-state index is 12.9. The van der Waals surface area contributed by atoms with Gasteiger partial charge < -0.3 is 15.7 Å². The van der Waals surface area contributed by atoms with E-state index in [2.05, 4.69) is 17.3 Å². The van der Waals surface area contributed by atoms with Gasteiger partial charge in [0.05, 0.1) is 17.5 Å². The second-order valence-corrected chi connectivity index (χ2v) is 7.62. The molecule has 2 fully saturated rings. The molecule has 29 heavy (non-hydrogen) atoms. The number of nitrogens with two attached hydrogens (primary N) is 1. The van der Waals surface area contributed by atoms with Gasteiger partial charge in [0.2, 0.25) is 11.8 Å². The first-order chi connectivity index (χ1) is 14.1. The summed E-state index contributed by atoms with van der Waals surface area (Å²) < 4.78 is 5.80. The maximum Gasteiger partial charge on any atom is 0.238 e. The molecule has 7 nitrogen and oxygen atoms in total. The zero-order valence-electron chi connectivity index (χ0n) is 15.4. The Morgan fingerprint density at radius 1 is 0.931 bits per heavy atom. The smallest absolute Gasteiger partial charge is 0.238 e. The summed E-state index contributed by atoms with van der Waals surface area (Å²) in [6.07, 6.45) is 5.09. The second-order valence-electron chi connectivity index (χ2n) is 7.62. The van der Waals surface area contributed by atoms with Gasteiger partial charge in [-0.1, -0.05) is 17.3 Å². The van der Waals surface area contributed by atoms with Crippen LogP contribution in [-0.4, -0.2) is 22.9 Å². The number of hydrogen-bond acceptors (Lipinski definition) is 5. The number of ether oxygens (including phenoxy) is 1. The highest BCUT2D eigenvalue weighted by atomic mass is 16.5. The normalized spacial score (nSPS) is 27.6. The van der Waals surface area contributed by atoms with Crippen molar-refractivity contribution in [1.29, 1.82) is 0 Å². The molecule has 2 aliphatic carbocycles. The SMILES string of the molecule is N/C(=N/O)c1ccc(Oc2ccc(N3C(=O)[C@@H]4[C@@H](C3=O)[C@H]3C=C[C@H]4C3)cc2)cc1. The minimum atomic E-state index is -0.207. The van der Waals surface area contributed by atoms with Crippen LogP contribution in [0.4, 0.5) is 5.69 Å². The third kappa shape index (κ3) is 2.69. The topological polar surface area (TPSA) is 105 Å². The Balaban J connectivity index is 1.32. The molecule has 2 bridgehead atoms. The van der Waals surface area contributed by atoms with Crippen molar-refractivity contribution in [2.24, 2.45) is 34.6 Å². The quantitative estimate of drug-likeness (QED) is 0.209. The molecule has 1 saturated heterocycles. The molecule has 1 heterocycles. The Morgan fingerprint density at radius 3 is 1.97 bits per heavy atom. The van der Waals surface area contributed by atoms with Gasteiger partial charge >= 0.3 is 0 Å². The predicted molar refractivity (Wildman–Crippen MR) is 106 cm³/mol. The number of fused-ring (bicyclic) bond motifs is 5. The summed E-state index contributed by atoms with van der Waals surface area (Å²) in [5.74, 6) is 0.972. The number of amidine groups is 1. The molecule has 2 aromatic rings. The number of carbonyl (C=O) groups excluding carboxylic acids is 2. The number of benzene rings is 2. The standard InChI is InChI=1S/C22H19N3O4/c23-20(24-28)12-3-7-16(8-4-12)29-17-9-5-15(6-10-17)25-21(26)18-13-1-2-14(11-13)19(18)22(25)27/h1-10,13-14,18-19,28H,11H2,(H2,23,24)/t13-,14-,18-,19-/m0/s1. The van der Waals surface area contributed by atoms with Gasteiger partial charge in [-0.15, -0.1) is 0 Å². The van der Waals surface area contributed by atoms with Crippen LogP contribution in [0.2, 0.25) is 0 Å². The molecular weight excluding hydrogens is 370 g/mol. The van der Waals surface area contributed by atoms with E-state index in [0.717, 1.165) is 6.42 Å². The molecule has 3 N–H and O–H groups in total. The summed E-state index contributed by atoms with van der Waals surface area (Å²) in [5.41, 5.74) is 6.70. The monoisotopic (exact) mass is 389 g/mol. The van der Waals surface area contributed by atoms with E-state index in [0.29, 0.717) is 22.7 Å². The lowest BCUT2D eigenvalue weighted by Gasteiger charge is -2.17. The molecule has 146 valence electrons. The van der Waals surface area contributed by atoms with Gasteiger partial charge in [0.15, 0.2) is 5.84 Å². The van der Waals surface area contributed by atoms with Gasteiger partial charge in [-0.05, 0) is 66.8 Å². The first-order valence-electron chi connectivity index (χ1n) is 9.49. The highest BCUT2D eigenvalue weighted by molar-refractivity contribution is 6.22. The van der Waals surface area contributed by atoms with E-state index in [4.69, 9.17) is 15.7 Å². The van der Waals surface area contributed by atoms with Crippen LogP contribution in [0.1, 0.15) is 12.0 Å². The van der Waals surface area contributed by atoms with Crippen LogP contribution in [0.5, 0.6) is 11.5 Å². The number of imide groups is 1. The van der Waals surface area contributed by atoms with Crippen LogP contribution in [0.15, 0.2) is 65.8 Å². The summed E-state index contributed by atoms with van der Waals surface area (Å²) in [4.78, 5) is 27.1. The van der Waals surface area contributed by atoms with E-state index >= 15 is 0 Å². The van der Waals surface area contributed by atoms with Crippen molar-refractivity contribution in [2.75, 3.05) is 4.90 Å². The van der Waals surface area contributed by atoms with Crippen molar-refractivity contribution < 1.29 is 19.5 Å². The van der Waals surface area contributed by atoms with E-state index in [-0.39, 0.29) is 41.3 Å². The number of allylic oxidation sites excluding steroid dienone is 2. The van der Waals surface area contributed by atoms with E-state index < -0.39 is 0 Å². The molecular formula is C22H19N3O4. The second kappa shape index (κ2) is 6.48. The van der Waals surface area contributed by atoms with Crippen molar-refractivity contribution in [2.45, 2.75) is 6.42 Å². The number of nitrogens with zero attached hydrogens (tertiary/aromatic N) is 2. The van der Waals surface area contributed by atoms with E-state index in [1.165, 1.54) is 4.90 Å². The zero-order valence-corrected chi connectivity index (χ0v) is 15.4. The van der Waals surface area contributed by atoms with Crippen molar-refractivity contribution in [3.05, 3.63) is 66.2 Å². The zero-order chi connectivity index (χ0) is 20.1. The molecule has 1 aliphatic heterocycles. The largest absolute Gasteiger partial charge is 0.457 e. The van der Waals surface area contributed by atoms with Crippen LogP contribution >= 0.6 is 0 Å². The molecule has 4 atom stereocenters. The average Bonchev–Trinajstić information content (AvgIpc) is 3.43. The first kappa shape index (κ1) is 17.5. The Hall–Kier alpha value is -3.61. The number of oxime groups is 1. The number of anilines is 1. The van der Waals surface area contributed by atoms with E-state index in [9.17, 15) is 9.59 Å². The lowest BCUT2D eigenvalue weighted by Crippen LogP contribution is -2.32. The van der Waals surface area contributed by atoms with Gasteiger partial charge in [0, 0.05) is 5.56 Å². The van der Waals surface area contributed by atoms with E-state index in [1.54, 1.807) is 48.5 Å². The Morgan fingerprint density at radius 2 is 1.45 bits per heavy atom. The molecule has 0 aromatic heterocycles. The van der Waals surface area contributed by atoms with Crippen LogP contribution in [0.3, 0.4) is 0 Å². The highest BCUT2D eigenvalue weighted by Crippen LogP contribution is 2.53. The molecule has 1 saturated carbocycles. The summed E-state index contributed by atoms with van der Waals surface area (Å²) in [6, 6.07) is 13.7. The molecule has 2 amide bonds. The summed E-state index contributed by atoms with van der Waals surface area (Å²) in [6.45, 7) is 0. The average molecular weight is 389 g/mol. The number of rotatable bonds is 4. The fourth-order valence-corrected chi connectivity index (χ4v) is 4.71. The Labute approximate surface area is 167 Å². The Kier molecular flexibility index (Phi) is 3.91. The van der Waals surface area contributed by atoms with Crippen molar-refractivity contribution in [3.63, 3.8) is 0 Å². The number of amides is 2. The lowest BCUT2D eigenvalue weighted by atomic mass is 9.85. The molecule has 3 aliphatic rings. The highest BCUT2D eigenvalue weighted by Gasteiger charge is 2.59. The molecule has 0 radical (unpaired) electrons. The third-order valence-corrected chi connectivity index (χ3v) is 6.06. The minimum absolute atomic E-state index is 0.0225. The van der Waals surface area contributed by atoms with Crippen LogP contribution in [0.25, 0.3) is 0 Å². The van der Waals surface area contributed by atoms with Crippen LogP contribution in [0, 0.1) is 23.7 Å². The minimum Gasteiger partial charge on any atom is -0.457 e. The lowest BCUT2D eigenvalue weighted by molar-refractivity contribution is -0.123. The molecule has 7 heteroatoms. The molecule has 0 unspecified atom stereocenters. The van der Waals surface area contributed by atoms with Gasteiger partial charge in [-0.2, -0.15) is 0 Å². The third-order valence-electron chi connectivity index (χ3n) is 6.06. The van der Waals surface area contributed by atoms with Gasteiger partial charge in [0.25, 0.3) is 0 Å². The fraction of sp³-hybridized carbons (Fsp3) is 0.227. The van der Waals surface area contributed by atoms with Gasteiger partial charge in [-0.3, -0.25) is 14.5 Å². The Bertz CT molecular complexity index is 1010. The van der Waals surface area contributed by atoms with Crippen molar-refractivity contribution >= 4 is 23.3 Å². The van der Waals surface area contributed by atoms with Gasteiger partial charge in [0.1, 0.15) is 11.5 Å². The van der Waals surface area contributed by atoms with Crippen LogP contribution < -0.4 is 15.4 Å². The summed E-state index contributed by atoms with van der Waals surface area (Å²) >= 11 is 0. The van der Waals surface area contributed by atoms with Crippen LogP contribution in [-0.2, 0) is 9.59 Å². The molecule has 5 rings (SSSR count). The van der Waals surface area contributed by atoms with Gasteiger partial charge in [-0.25, -0.2) is 0 Å². The maximum atomic E-state index is 12.9. The molecule has 0 spiro atoms. The number of carbonyl (C=O) groups is 2. The number of hydrogen-bond donors (Lipinski definition) is 2. The fourth-order valence-electron chi connectivity index (χ4n) is 4.71. The summed E-state index contributed by atoms with van der Waals surface area (Å²) in [7, 11) is 0. The predicted octanol–water partition coefficient (Wildman–Crippen LogP) is 2.88. The van der Waals surface area contributed by atoms with E-state index in [1.807, 2.05) is 0 Å². The van der Waals surface area contributed by atoms with Crippen molar-refractivity contribution in [1.82, 2.24) is 0 Å². The molecule has 2 aromatic carbocycles.